The maximum absolute atomic E-state index is 6.11. The predicted molar refractivity (Wildman–Crippen MR) is 83.4 cm³/mol. The summed E-state index contributed by atoms with van der Waals surface area (Å²) in [4.78, 5) is 0. The zero-order valence-electron chi connectivity index (χ0n) is 11.8. The molecule has 2 aliphatic rings. The number of nitrogens with one attached hydrogen (secondary N) is 1. The van der Waals surface area contributed by atoms with Crippen molar-refractivity contribution in [1.82, 2.24) is 5.43 Å². The molecular formula is C15H20Cl2N2O2. The molecule has 4 nitrogen and oxygen atoms in total. The monoisotopic (exact) mass is 330 g/mol. The molecule has 0 amide bonds. The number of hydrazine groups is 1. The summed E-state index contributed by atoms with van der Waals surface area (Å²) < 4.78 is 11.5. The molecule has 2 fully saturated rings. The summed E-state index contributed by atoms with van der Waals surface area (Å²) in [5, 5.41) is 1.26. The zero-order valence-corrected chi connectivity index (χ0v) is 13.3. The highest BCUT2D eigenvalue weighted by Gasteiger charge is 2.43. The van der Waals surface area contributed by atoms with Gasteiger partial charge in [-0.1, -0.05) is 23.2 Å². The molecule has 1 aromatic carbocycles. The summed E-state index contributed by atoms with van der Waals surface area (Å²) >= 11 is 12.2. The Kier molecular flexibility index (Phi) is 4.74. The third kappa shape index (κ3) is 3.36. The molecule has 1 spiro atoms. The van der Waals surface area contributed by atoms with Crippen LogP contribution in [0.5, 0.6) is 0 Å². The molecule has 1 aromatic rings. The molecule has 3 rings (SSSR count). The lowest BCUT2D eigenvalue weighted by molar-refractivity contribution is -0.103. The maximum Gasteiger partial charge on any atom is 0.0940 e. The first-order valence-electron chi connectivity index (χ1n) is 7.26. The summed E-state index contributed by atoms with van der Waals surface area (Å²) in [7, 11) is 0. The van der Waals surface area contributed by atoms with E-state index in [1.54, 1.807) is 6.07 Å². The van der Waals surface area contributed by atoms with E-state index in [9.17, 15) is 0 Å². The van der Waals surface area contributed by atoms with Crippen molar-refractivity contribution in [3.8, 4) is 0 Å². The Balaban J connectivity index is 1.82. The van der Waals surface area contributed by atoms with Gasteiger partial charge in [-0.3, -0.25) is 11.3 Å². The standard InChI is InChI=1S/C15H20Cl2N2O2/c16-12-5-11(6-13(17)7-12)14(19-18)10-1-3-21-15(8-10)2-4-20-9-15/h5-7,10,14,19H,1-4,8-9,18H2. The van der Waals surface area contributed by atoms with Gasteiger partial charge in [0.25, 0.3) is 0 Å². The van der Waals surface area contributed by atoms with E-state index in [4.69, 9.17) is 38.5 Å². The van der Waals surface area contributed by atoms with Gasteiger partial charge in [0.05, 0.1) is 12.2 Å². The summed E-state index contributed by atoms with van der Waals surface area (Å²) in [5.41, 5.74) is 3.82. The normalized spacial score (nSPS) is 30.7. The minimum atomic E-state index is -0.139. The Morgan fingerprint density at radius 2 is 2.00 bits per heavy atom. The second kappa shape index (κ2) is 6.41. The van der Waals surface area contributed by atoms with Gasteiger partial charge in [-0.25, -0.2) is 0 Å². The van der Waals surface area contributed by atoms with Gasteiger partial charge < -0.3 is 9.47 Å². The number of halogens is 2. The van der Waals surface area contributed by atoms with Gasteiger partial charge in [-0.05, 0) is 42.5 Å². The van der Waals surface area contributed by atoms with Gasteiger partial charge in [-0.2, -0.15) is 0 Å². The van der Waals surface area contributed by atoms with Gasteiger partial charge in [0.15, 0.2) is 0 Å². The highest BCUT2D eigenvalue weighted by atomic mass is 35.5. The first-order chi connectivity index (χ1) is 10.1. The predicted octanol–water partition coefficient (Wildman–Crippen LogP) is 3.08. The molecule has 0 aromatic heterocycles. The smallest absolute Gasteiger partial charge is 0.0940 e. The molecule has 3 unspecified atom stereocenters. The maximum atomic E-state index is 6.11. The summed E-state index contributed by atoms with van der Waals surface area (Å²) in [6.07, 6.45) is 2.85. The molecule has 0 bridgehead atoms. The average molecular weight is 331 g/mol. The number of rotatable bonds is 3. The fourth-order valence-corrected chi connectivity index (χ4v) is 4.02. The van der Waals surface area contributed by atoms with E-state index in [1.165, 1.54) is 0 Å². The van der Waals surface area contributed by atoms with Gasteiger partial charge >= 0.3 is 0 Å². The lowest BCUT2D eigenvalue weighted by Gasteiger charge is -2.40. The van der Waals surface area contributed by atoms with Crippen LogP contribution < -0.4 is 11.3 Å². The van der Waals surface area contributed by atoms with E-state index in [0.717, 1.165) is 38.0 Å². The van der Waals surface area contributed by atoms with Gasteiger partial charge in [0, 0.05) is 35.7 Å². The first kappa shape index (κ1) is 15.5. The van der Waals surface area contributed by atoms with Crippen molar-refractivity contribution in [2.45, 2.75) is 30.9 Å². The lowest BCUT2D eigenvalue weighted by Crippen LogP contribution is -2.45. The molecule has 0 radical (unpaired) electrons. The van der Waals surface area contributed by atoms with Crippen molar-refractivity contribution in [3.63, 3.8) is 0 Å². The first-order valence-corrected chi connectivity index (χ1v) is 8.01. The Morgan fingerprint density at radius 3 is 2.62 bits per heavy atom. The average Bonchev–Trinajstić information content (AvgIpc) is 2.86. The zero-order chi connectivity index (χ0) is 14.9. The fourth-order valence-electron chi connectivity index (χ4n) is 3.47. The fraction of sp³-hybridized carbons (Fsp3) is 0.600. The molecular weight excluding hydrogens is 311 g/mol. The van der Waals surface area contributed by atoms with Crippen LogP contribution in [0.3, 0.4) is 0 Å². The molecule has 21 heavy (non-hydrogen) atoms. The Bertz CT molecular complexity index is 486. The quantitative estimate of drug-likeness (QED) is 0.660. The van der Waals surface area contributed by atoms with E-state index in [2.05, 4.69) is 5.43 Å². The number of hydrogen-bond donors (Lipinski definition) is 2. The van der Waals surface area contributed by atoms with Crippen LogP contribution in [0, 0.1) is 5.92 Å². The van der Waals surface area contributed by atoms with Crippen LogP contribution in [-0.2, 0) is 9.47 Å². The van der Waals surface area contributed by atoms with Crippen LogP contribution in [0.4, 0.5) is 0 Å². The van der Waals surface area contributed by atoms with Gasteiger partial charge in [0.2, 0.25) is 0 Å². The van der Waals surface area contributed by atoms with Crippen molar-refractivity contribution >= 4 is 23.2 Å². The number of ether oxygens (including phenoxy) is 2. The number of hydrogen-bond acceptors (Lipinski definition) is 4. The summed E-state index contributed by atoms with van der Waals surface area (Å²) in [6.45, 7) is 2.19. The van der Waals surface area contributed by atoms with Crippen molar-refractivity contribution in [1.29, 1.82) is 0 Å². The molecule has 2 saturated heterocycles. The van der Waals surface area contributed by atoms with Crippen LogP contribution in [0.25, 0.3) is 0 Å². The molecule has 116 valence electrons. The molecule has 6 heteroatoms. The number of nitrogens with two attached hydrogens (primary N) is 1. The van der Waals surface area contributed by atoms with Crippen LogP contribution in [-0.4, -0.2) is 25.4 Å². The van der Waals surface area contributed by atoms with Crippen LogP contribution in [0.15, 0.2) is 18.2 Å². The van der Waals surface area contributed by atoms with Crippen molar-refractivity contribution in [3.05, 3.63) is 33.8 Å². The minimum absolute atomic E-state index is 0.0163. The van der Waals surface area contributed by atoms with Crippen LogP contribution in [0.1, 0.15) is 30.9 Å². The SMILES string of the molecule is NNC(c1cc(Cl)cc(Cl)c1)C1CCOC2(CCOC2)C1. The Labute approximate surface area is 134 Å². The third-order valence-electron chi connectivity index (χ3n) is 4.49. The highest BCUT2D eigenvalue weighted by molar-refractivity contribution is 6.34. The highest BCUT2D eigenvalue weighted by Crippen LogP contribution is 2.41. The molecule has 0 saturated carbocycles. The van der Waals surface area contributed by atoms with Crippen LogP contribution >= 0.6 is 23.2 Å². The van der Waals surface area contributed by atoms with E-state index in [-0.39, 0.29) is 11.6 Å². The second-order valence-electron chi connectivity index (χ2n) is 5.93. The Hall–Kier alpha value is -0.360. The van der Waals surface area contributed by atoms with Gasteiger partial charge in [-0.15, -0.1) is 0 Å². The van der Waals surface area contributed by atoms with E-state index in [0.29, 0.717) is 22.6 Å². The number of benzene rings is 1. The van der Waals surface area contributed by atoms with E-state index < -0.39 is 0 Å². The minimum Gasteiger partial charge on any atom is -0.378 e. The van der Waals surface area contributed by atoms with Gasteiger partial charge in [0.1, 0.15) is 0 Å². The third-order valence-corrected chi connectivity index (χ3v) is 4.93. The molecule has 2 heterocycles. The summed E-state index contributed by atoms with van der Waals surface area (Å²) in [5.74, 6) is 6.19. The lowest BCUT2D eigenvalue weighted by atomic mass is 9.79. The molecule has 2 aliphatic heterocycles. The largest absolute Gasteiger partial charge is 0.378 e. The second-order valence-corrected chi connectivity index (χ2v) is 6.81. The van der Waals surface area contributed by atoms with E-state index >= 15 is 0 Å². The van der Waals surface area contributed by atoms with Crippen molar-refractivity contribution < 1.29 is 9.47 Å². The van der Waals surface area contributed by atoms with Crippen molar-refractivity contribution in [2.75, 3.05) is 19.8 Å². The topological polar surface area (TPSA) is 56.5 Å². The van der Waals surface area contributed by atoms with E-state index in [1.807, 2.05) is 12.1 Å². The van der Waals surface area contributed by atoms with Crippen LogP contribution in [0.2, 0.25) is 10.0 Å². The molecule has 3 N–H and O–H groups in total. The summed E-state index contributed by atoms with van der Waals surface area (Å²) in [6, 6.07) is 5.59. The Morgan fingerprint density at radius 1 is 1.24 bits per heavy atom. The van der Waals surface area contributed by atoms with Crippen molar-refractivity contribution in [2.24, 2.45) is 11.8 Å². The molecule has 3 atom stereocenters. The molecule has 0 aliphatic carbocycles.